The number of anilines is 1. The average Bonchev–Trinajstić information content (AvgIpc) is 3.60. The average molecular weight is 566 g/mol. The number of benzene rings is 2. The number of rotatable bonds is 9. The zero-order valence-electron chi connectivity index (χ0n) is 23.4. The highest BCUT2D eigenvalue weighted by Crippen LogP contribution is 2.30. The summed E-state index contributed by atoms with van der Waals surface area (Å²) in [5.41, 5.74) is 2.46. The molecule has 1 aliphatic carbocycles. The first kappa shape index (κ1) is 28.6. The molecule has 1 aromatic heterocycles. The number of carbonyl (C=O) groups excluding carboxylic acids is 3. The molecule has 2 heterocycles. The molecule has 10 heteroatoms. The van der Waals surface area contributed by atoms with E-state index in [1.807, 2.05) is 24.3 Å². The maximum absolute atomic E-state index is 14.4. The topological polar surface area (TPSA) is 110 Å². The lowest BCUT2D eigenvalue weighted by molar-refractivity contribution is -0.148. The Labute approximate surface area is 238 Å². The normalized spacial score (nSPS) is 22.5. The number of esters is 1. The number of carbonyl (C=O) groups is 3. The first-order valence-corrected chi connectivity index (χ1v) is 14.0. The number of likely N-dealkylation sites (tertiary alicyclic amines) is 1. The number of hydrogen-bond donors (Lipinski definition) is 2. The van der Waals surface area contributed by atoms with Gasteiger partial charge in [0, 0.05) is 17.3 Å². The summed E-state index contributed by atoms with van der Waals surface area (Å²) >= 11 is 0. The second-order valence-electron chi connectivity index (χ2n) is 10.8. The summed E-state index contributed by atoms with van der Waals surface area (Å²) in [5.74, 6) is -0.351. The van der Waals surface area contributed by atoms with Crippen molar-refractivity contribution in [2.75, 3.05) is 32.7 Å². The van der Waals surface area contributed by atoms with Crippen LogP contribution < -0.4 is 10.1 Å². The van der Waals surface area contributed by atoms with Gasteiger partial charge in [0.05, 0.1) is 57.5 Å². The Hall–Kier alpha value is -3.92. The summed E-state index contributed by atoms with van der Waals surface area (Å²) in [6.07, 6.45) is 2.09. The van der Waals surface area contributed by atoms with Gasteiger partial charge in [-0.25, -0.2) is 4.39 Å². The monoisotopic (exact) mass is 565 g/mol. The fourth-order valence-electron chi connectivity index (χ4n) is 5.81. The van der Waals surface area contributed by atoms with Crippen molar-refractivity contribution >= 4 is 34.4 Å². The molecule has 2 aliphatic rings. The van der Waals surface area contributed by atoms with Gasteiger partial charge >= 0.3 is 5.97 Å². The van der Waals surface area contributed by atoms with Gasteiger partial charge in [0.25, 0.3) is 5.91 Å². The molecule has 0 radical (unpaired) electrons. The first-order valence-electron chi connectivity index (χ1n) is 14.0. The first-order chi connectivity index (χ1) is 19.8. The van der Waals surface area contributed by atoms with Crippen molar-refractivity contribution in [2.45, 2.75) is 56.8 Å². The predicted molar refractivity (Wildman–Crippen MR) is 152 cm³/mol. The zero-order valence-corrected chi connectivity index (χ0v) is 23.4. The van der Waals surface area contributed by atoms with Gasteiger partial charge in [0.15, 0.2) is 0 Å². The molecule has 9 nitrogen and oxygen atoms in total. The molecule has 2 atom stereocenters. The second kappa shape index (κ2) is 12.7. The molecule has 0 unspecified atom stereocenters. The van der Waals surface area contributed by atoms with E-state index >= 15 is 0 Å². The van der Waals surface area contributed by atoms with Gasteiger partial charge in [-0.2, -0.15) is 0 Å². The van der Waals surface area contributed by atoms with Crippen molar-refractivity contribution in [2.24, 2.45) is 5.92 Å². The number of alkyl halides is 1. The van der Waals surface area contributed by atoms with Crippen molar-refractivity contribution in [3.05, 3.63) is 59.8 Å². The van der Waals surface area contributed by atoms with Gasteiger partial charge in [-0.3, -0.25) is 14.4 Å². The van der Waals surface area contributed by atoms with Crippen LogP contribution in [0.5, 0.6) is 5.75 Å². The van der Waals surface area contributed by atoms with Crippen LogP contribution in [0.3, 0.4) is 0 Å². The number of H-pyrrole nitrogens is 1. The number of methoxy groups -OCH3 is 2. The molecule has 2 fully saturated rings. The van der Waals surface area contributed by atoms with Crippen LogP contribution in [0.1, 0.15) is 48.2 Å². The number of para-hydroxylation sites is 1. The van der Waals surface area contributed by atoms with Crippen LogP contribution in [0.25, 0.3) is 10.9 Å². The minimum Gasteiger partial charge on any atom is -0.495 e. The van der Waals surface area contributed by atoms with E-state index in [-0.39, 0.29) is 61.8 Å². The summed E-state index contributed by atoms with van der Waals surface area (Å²) in [5, 5.41) is 3.80. The van der Waals surface area contributed by atoms with E-state index in [1.165, 1.54) is 14.2 Å². The summed E-state index contributed by atoms with van der Waals surface area (Å²) in [6, 6.07) is 14.3. The highest BCUT2D eigenvalue weighted by Gasteiger charge is 2.36. The molecule has 218 valence electrons. The molecular weight excluding hydrogens is 529 g/mol. The number of amides is 2. The van der Waals surface area contributed by atoms with Crippen molar-refractivity contribution in [1.82, 2.24) is 9.88 Å². The summed E-state index contributed by atoms with van der Waals surface area (Å²) in [4.78, 5) is 42.6. The zero-order chi connectivity index (χ0) is 28.9. The molecule has 0 bridgehead atoms. The minimum atomic E-state index is -1.10. The lowest BCUT2D eigenvalue weighted by atomic mass is 9.87. The molecule has 2 N–H and O–H groups in total. The Balaban J connectivity index is 1.17. The smallest absolute Gasteiger partial charge is 0.308 e. The van der Waals surface area contributed by atoms with Gasteiger partial charge in [-0.1, -0.05) is 24.3 Å². The number of ether oxygens (including phenoxy) is 3. The lowest BCUT2D eigenvalue weighted by Crippen LogP contribution is -2.40. The molecule has 2 aromatic carbocycles. The van der Waals surface area contributed by atoms with E-state index in [4.69, 9.17) is 14.2 Å². The molecule has 1 aliphatic heterocycles. The predicted octanol–water partition coefficient (Wildman–Crippen LogP) is 4.66. The second-order valence-corrected chi connectivity index (χ2v) is 10.8. The fraction of sp³-hybridized carbons (Fsp3) is 0.452. The number of halogens is 1. The Morgan fingerprint density at radius 1 is 1.05 bits per heavy atom. The lowest BCUT2D eigenvalue weighted by Gasteiger charge is -2.30. The van der Waals surface area contributed by atoms with Crippen LogP contribution in [0, 0.1) is 5.92 Å². The quantitative estimate of drug-likeness (QED) is 0.366. The third-order valence-corrected chi connectivity index (χ3v) is 8.06. The van der Waals surface area contributed by atoms with Gasteiger partial charge in [-0.05, 0) is 55.5 Å². The number of nitrogens with one attached hydrogen (secondary N) is 2. The molecule has 5 rings (SSSR count). The van der Waals surface area contributed by atoms with Crippen LogP contribution in [-0.4, -0.2) is 73.4 Å². The van der Waals surface area contributed by atoms with Crippen LogP contribution in [0.2, 0.25) is 0 Å². The van der Waals surface area contributed by atoms with Crippen LogP contribution in [0.15, 0.2) is 48.5 Å². The fourth-order valence-corrected chi connectivity index (χ4v) is 5.81. The van der Waals surface area contributed by atoms with Crippen molar-refractivity contribution in [1.29, 1.82) is 0 Å². The highest BCUT2D eigenvalue weighted by atomic mass is 19.1. The maximum atomic E-state index is 14.4. The van der Waals surface area contributed by atoms with E-state index in [1.54, 1.807) is 29.2 Å². The van der Waals surface area contributed by atoms with E-state index < -0.39 is 6.17 Å². The minimum absolute atomic E-state index is 0.0112. The third-order valence-electron chi connectivity index (χ3n) is 8.06. The number of nitrogens with zero attached hydrogens (tertiary/aromatic N) is 1. The number of aromatic nitrogens is 1. The number of aromatic amines is 1. The summed E-state index contributed by atoms with van der Waals surface area (Å²) in [7, 11) is 2.90. The van der Waals surface area contributed by atoms with Gasteiger partial charge < -0.3 is 29.4 Å². The van der Waals surface area contributed by atoms with E-state index in [0.717, 1.165) is 23.7 Å². The Morgan fingerprint density at radius 2 is 1.83 bits per heavy atom. The molecule has 2 amide bonds. The third kappa shape index (κ3) is 6.70. The van der Waals surface area contributed by atoms with Crippen LogP contribution in [-0.2, 0) is 25.5 Å². The van der Waals surface area contributed by atoms with Crippen molar-refractivity contribution in [3.63, 3.8) is 0 Å². The molecule has 3 aromatic rings. The molecule has 1 saturated carbocycles. The largest absolute Gasteiger partial charge is 0.495 e. The van der Waals surface area contributed by atoms with Gasteiger partial charge in [-0.15, -0.1) is 0 Å². The molecule has 1 saturated heterocycles. The molecule has 41 heavy (non-hydrogen) atoms. The van der Waals surface area contributed by atoms with Crippen molar-refractivity contribution < 1.29 is 33.0 Å². The standard InChI is InChI=1S/C31H36FN3O6/c1-39-28-13-19(7-12-26(28)34-30(37)27-15-21-5-3-4-6-25(21)33-27)14-29(36)35-17-22(32)16-23(35)18-41-24-10-8-20(9-11-24)31(38)40-2/h3-7,12-13,15,20,22-24,33H,8-11,14,16-18H2,1-2H3,(H,34,37)/t20-,22-,23-,24-/m0/s1. The Bertz CT molecular complexity index is 1370. The van der Waals surface area contributed by atoms with Crippen LogP contribution in [0.4, 0.5) is 10.1 Å². The maximum Gasteiger partial charge on any atom is 0.308 e. The van der Waals surface area contributed by atoms with Crippen molar-refractivity contribution in [3.8, 4) is 5.75 Å². The highest BCUT2D eigenvalue weighted by molar-refractivity contribution is 6.06. The number of hydrogen-bond acceptors (Lipinski definition) is 6. The molecular formula is C31H36FN3O6. The number of fused-ring (bicyclic) bond motifs is 1. The van der Waals surface area contributed by atoms with Gasteiger partial charge in [0.1, 0.15) is 17.6 Å². The van der Waals surface area contributed by atoms with E-state index in [0.29, 0.717) is 35.5 Å². The Kier molecular flexibility index (Phi) is 8.87. The van der Waals surface area contributed by atoms with E-state index in [9.17, 15) is 18.8 Å². The Morgan fingerprint density at radius 3 is 2.56 bits per heavy atom. The van der Waals surface area contributed by atoms with Crippen LogP contribution >= 0.6 is 0 Å². The molecule has 0 spiro atoms. The van der Waals surface area contributed by atoms with Gasteiger partial charge in [0.2, 0.25) is 5.91 Å². The van der Waals surface area contributed by atoms with E-state index in [2.05, 4.69) is 10.3 Å². The summed E-state index contributed by atoms with van der Waals surface area (Å²) in [6.45, 7) is 0.305. The SMILES string of the molecule is COc1cc(CC(=O)N2C[C@@H](F)C[C@H]2CO[C@H]2CC[C@H](C(=O)OC)CC2)ccc1NC(=O)c1cc2ccccc2[nH]1. The summed E-state index contributed by atoms with van der Waals surface area (Å²) < 4.78 is 30.8.